The van der Waals surface area contributed by atoms with E-state index in [-0.39, 0.29) is 0 Å². The number of rotatable bonds is 3. The Hall–Kier alpha value is -2.28. The molecule has 0 atom stereocenters. The Morgan fingerprint density at radius 2 is 1.56 bits per heavy atom. The van der Waals surface area contributed by atoms with Gasteiger partial charge in [0.05, 0.1) is 0 Å². The van der Waals surface area contributed by atoms with Gasteiger partial charge in [-0.05, 0) is 54.0 Å². The molecule has 3 rings (SSSR count). The van der Waals surface area contributed by atoms with Crippen LogP contribution >= 0.6 is 0 Å². The van der Waals surface area contributed by atoms with Gasteiger partial charge in [-0.25, -0.2) is 0 Å². The molecule has 146 valence electrons. The van der Waals surface area contributed by atoms with Crippen LogP contribution in [0.2, 0.25) is 0 Å². The molecule has 1 heterocycles. The van der Waals surface area contributed by atoms with Gasteiger partial charge in [-0.2, -0.15) is 0 Å². The van der Waals surface area contributed by atoms with E-state index in [0.717, 1.165) is 17.4 Å². The summed E-state index contributed by atoms with van der Waals surface area (Å²) in [5.74, 6) is 2.95. The molecule has 0 saturated carbocycles. The summed E-state index contributed by atoms with van der Waals surface area (Å²) in [7, 11) is 0. The normalized spacial score (nSPS) is 12.2. The van der Waals surface area contributed by atoms with E-state index < -0.39 is 0 Å². The third kappa shape index (κ3) is 7.46. The molecule has 0 unspecified atom stereocenters. The van der Waals surface area contributed by atoms with Gasteiger partial charge in [0.15, 0.2) is 0 Å². The number of allylic oxidation sites excluding steroid dienone is 2. The zero-order chi connectivity index (χ0) is 20.4. The SMILES string of the molecule is C=C1C=C(C)c2ccc(C(C)C)cc2O1.CC.CC(C)Cc1ccccc1. The fraction of sp³-hybridized carbons (Fsp3) is 0.385. The van der Waals surface area contributed by atoms with Crippen molar-refractivity contribution in [3.05, 3.63) is 83.6 Å². The van der Waals surface area contributed by atoms with Crippen LogP contribution in [-0.4, -0.2) is 0 Å². The zero-order valence-electron chi connectivity index (χ0n) is 18.2. The summed E-state index contributed by atoms with van der Waals surface area (Å²) in [6.45, 7) is 18.8. The lowest BCUT2D eigenvalue weighted by molar-refractivity contribution is 0.440. The van der Waals surface area contributed by atoms with Crippen LogP contribution in [-0.2, 0) is 6.42 Å². The van der Waals surface area contributed by atoms with Crippen molar-refractivity contribution in [1.29, 1.82) is 0 Å². The Balaban J connectivity index is 0.000000265. The van der Waals surface area contributed by atoms with Crippen molar-refractivity contribution in [2.75, 3.05) is 0 Å². The molecule has 1 heteroatoms. The minimum Gasteiger partial charge on any atom is -0.457 e. The number of hydrogen-bond donors (Lipinski definition) is 0. The van der Waals surface area contributed by atoms with E-state index >= 15 is 0 Å². The largest absolute Gasteiger partial charge is 0.457 e. The van der Waals surface area contributed by atoms with E-state index in [1.165, 1.54) is 28.7 Å². The molecule has 0 aromatic heterocycles. The highest BCUT2D eigenvalue weighted by Gasteiger charge is 2.14. The lowest BCUT2D eigenvalue weighted by atomic mass is 9.97. The van der Waals surface area contributed by atoms with Gasteiger partial charge in [0, 0.05) is 5.56 Å². The summed E-state index contributed by atoms with van der Waals surface area (Å²) >= 11 is 0. The van der Waals surface area contributed by atoms with Crippen LogP contribution in [0.15, 0.2) is 66.9 Å². The van der Waals surface area contributed by atoms with Crippen molar-refractivity contribution in [3.63, 3.8) is 0 Å². The van der Waals surface area contributed by atoms with E-state index in [1.807, 2.05) is 19.9 Å². The van der Waals surface area contributed by atoms with Crippen molar-refractivity contribution in [2.24, 2.45) is 5.92 Å². The number of benzene rings is 2. The molecule has 0 saturated heterocycles. The summed E-state index contributed by atoms with van der Waals surface area (Å²) in [6.07, 6.45) is 3.16. The molecule has 1 aliphatic heterocycles. The Labute approximate surface area is 166 Å². The maximum Gasteiger partial charge on any atom is 0.135 e. The van der Waals surface area contributed by atoms with E-state index in [0.29, 0.717) is 5.92 Å². The Morgan fingerprint density at radius 1 is 0.926 bits per heavy atom. The molecule has 0 fully saturated rings. The molecule has 0 aliphatic carbocycles. The highest BCUT2D eigenvalue weighted by atomic mass is 16.5. The smallest absolute Gasteiger partial charge is 0.135 e. The maximum atomic E-state index is 5.62. The predicted molar refractivity (Wildman–Crippen MR) is 120 cm³/mol. The lowest BCUT2D eigenvalue weighted by Crippen LogP contribution is -2.02. The monoisotopic (exact) mass is 364 g/mol. The van der Waals surface area contributed by atoms with Crippen LogP contribution in [0.1, 0.15) is 71.1 Å². The molecule has 1 nitrogen and oxygen atoms in total. The van der Waals surface area contributed by atoms with Crippen LogP contribution in [0.25, 0.3) is 5.57 Å². The first-order valence-corrected chi connectivity index (χ1v) is 10.1. The summed E-state index contributed by atoms with van der Waals surface area (Å²) < 4.78 is 5.62. The molecule has 0 N–H and O–H groups in total. The van der Waals surface area contributed by atoms with Crippen molar-refractivity contribution >= 4 is 5.57 Å². The highest BCUT2D eigenvalue weighted by molar-refractivity contribution is 5.73. The van der Waals surface area contributed by atoms with Gasteiger partial charge in [-0.3, -0.25) is 0 Å². The average Bonchev–Trinajstić information content (AvgIpc) is 2.63. The van der Waals surface area contributed by atoms with E-state index in [2.05, 4.69) is 89.7 Å². The molecule has 0 radical (unpaired) electrons. The minimum atomic E-state index is 0.526. The van der Waals surface area contributed by atoms with Crippen LogP contribution in [0, 0.1) is 5.92 Å². The zero-order valence-corrected chi connectivity index (χ0v) is 18.2. The fourth-order valence-electron chi connectivity index (χ4n) is 2.88. The molecule has 0 spiro atoms. The topological polar surface area (TPSA) is 9.23 Å². The van der Waals surface area contributed by atoms with Gasteiger partial charge < -0.3 is 4.74 Å². The molecule has 0 bridgehead atoms. The lowest BCUT2D eigenvalue weighted by Gasteiger charge is -2.19. The summed E-state index contributed by atoms with van der Waals surface area (Å²) in [5, 5.41) is 0. The first kappa shape index (κ1) is 22.8. The second kappa shape index (κ2) is 11.4. The van der Waals surface area contributed by atoms with Gasteiger partial charge in [0.1, 0.15) is 11.5 Å². The van der Waals surface area contributed by atoms with Gasteiger partial charge in [-0.1, -0.05) is 90.6 Å². The summed E-state index contributed by atoms with van der Waals surface area (Å²) in [4.78, 5) is 0. The van der Waals surface area contributed by atoms with E-state index in [9.17, 15) is 0 Å². The molecule has 1 aliphatic rings. The van der Waals surface area contributed by atoms with Crippen LogP contribution in [0.5, 0.6) is 5.75 Å². The van der Waals surface area contributed by atoms with Gasteiger partial charge >= 0.3 is 0 Å². The van der Waals surface area contributed by atoms with Crippen LogP contribution in [0.4, 0.5) is 0 Å². The molecule has 2 aromatic rings. The Morgan fingerprint density at radius 3 is 2.11 bits per heavy atom. The third-order valence-electron chi connectivity index (χ3n) is 4.20. The van der Waals surface area contributed by atoms with Crippen LogP contribution < -0.4 is 4.74 Å². The Kier molecular flexibility index (Phi) is 9.64. The first-order valence-electron chi connectivity index (χ1n) is 10.1. The molecular weight excluding hydrogens is 328 g/mol. The standard InChI is InChI=1S/C14H16O.C10H14.C2H6/c1-9(2)12-5-6-13-10(3)7-11(4)15-14(13)8-12;1-9(2)8-10-6-4-3-5-7-10;1-2/h5-9H,4H2,1-3H3;3-7,9H,8H2,1-2H3;1-2H3. The quantitative estimate of drug-likeness (QED) is 0.535. The van der Waals surface area contributed by atoms with Gasteiger partial charge in [-0.15, -0.1) is 0 Å². The average molecular weight is 365 g/mol. The molecule has 2 aromatic carbocycles. The van der Waals surface area contributed by atoms with Gasteiger partial charge in [0.25, 0.3) is 0 Å². The van der Waals surface area contributed by atoms with Crippen molar-refractivity contribution in [1.82, 2.24) is 0 Å². The molecule has 0 amide bonds. The number of fused-ring (bicyclic) bond motifs is 1. The predicted octanol–water partition coefficient (Wildman–Crippen LogP) is 8.03. The Bertz CT molecular complexity index is 736. The van der Waals surface area contributed by atoms with E-state index in [4.69, 9.17) is 4.74 Å². The molecular formula is C26H36O. The minimum absolute atomic E-state index is 0.526. The fourth-order valence-corrected chi connectivity index (χ4v) is 2.88. The van der Waals surface area contributed by atoms with Crippen LogP contribution in [0.3, 0.4) is 0 Å². The number of hydrogen-bond acceptors (Lipinski definition) is 1. The van der Waals surface area contributed by atoms with Crippen molar-refractivity contribution in [3.8, 4) is 5.75 Å². The maximum absolute atomic E-state index is 5.62. The van der Waals surface area contributed by atoms with Gasteiger partial charge in [0.2, 0.25) is 0 Å². The van der Waals surface area contributed by atoms with E-state index in [1.54, 1.807) is 0 Å². The van der Waals surface area contributed by atoms with Crippen molar-refractivity contribution < 1.29 is 4.74 Å². The second-order valence-electron chi connectivity index (χ2n) is 7.39. The second-order valence-corrected chi connectivity index (χ2v) is 7.39. The third-order valence-corrected chi connectivity index (χ3v) is 4.20. The van der Waals surface area contributed by atoms with Crippen molar-refractivity contribution in [2.45, 2.75) is 60.8 Å². The first-order chi connectivity index (χ1) is 12.9. The summed E-state index contributed by atoms with van der Waals surface area (Å²) in [5.41, 5.74) is 5.14. The molecule has 27 heavy (non-hydrogen) atoms. The highest BCUT2D eigenvalue weighted by Crippen LogP contribution is 2.34. The number of ether oxygens (including phenoxy) is 1. The summed E-state index contributed by atoms with van der Waals surface area (Å²) in [6, 6.07) is 17.0.